The van der Waals surface area contributed by atoms with Crippen LogP contribution in [0, 0.1) is 11.8 Å². The first kappa shape index (κ1) is 19.4. The van der Waals surface area contributed by atoms with E-state index in [1.54, 1.807) is 4.90 Å². The van der Waals surface area contributed by atoms with Gasteiger partial charge in [0.25, 0.3) is 0 Å². The van der Waals surface area contributed by atoms with Gasteiger partial charge in [0, 0.05) is 38.0 Å². The number of hydrogen-bond acceptors (Lipinski definition) is 3. The predicted octanol–water partition coefficient (Wildman–Crippen LogP) is 1.97. The summed E-state index contributed by atoms with van der Waals surface area (Å²) in [4.78, 5) is 39.7. The van der Waals surface area contributed by atoms with E-state index in [4.69, 9.17) is 0 Å². The molecule has 1 aromatic carbocycles. The third-order valence-electron chi connectivity index (χ3n) is 5.88. The summed E-state index contributed by atoms with van der Waals surface area (Å²) in [7, 11) is 0. The molecule has 3 rings (SSSR count). The molecule has 1 aliphatic heterocycles. The molecule has 1 saturated heterocycles. The maximum Gasteiger partial charge on any atom is 0.225 e. The van der Waals surface area contributed by atoms with Crippen molar-refractivity contribution in [3.63, 3.8) is 0 Å². The van der Waals surface area contributed by atoms with Crippen molar-refractivity contribution in [1.29, 1.82) is 0 Å². The second-order valence-corrected chi connectivity index (χ2v) is 7.66. The van der Waals surface area contributed by atoms with Crippen molar-refractivity contribution in [3.8, 4) is 0 Å². The van der Waals surface area contributed by atoms with Crippen molar-refractivity contribution < 1.29 is 14.4 Å². The molecule has 146 valence electrons. The monoisotopic (exact) mass is 371 g/mol. The summed E-state index contributed by atoms with van der Waals surface area (Å²) in [6.45, 7) is 4.47. The minimum atomic E-state index is -0.00729. The van der Waals surface area contributed by atoms with Gasteiger partial charge in [-0.25, -0.2) is 0 Å². The Morgan fingerprint density at radius 3 is 2.19 bits per heavy atom. The van der Waals surface area contributed by atoms with Gasteiger partial charge in [0.2, 0.25) is 18.2 Å². The van der Waals surface area contributed by atoms with Gasteiger partial charge in [-0.05, 0) is 38.2 Å². The van der Waals surface area contributed by atoms with Crippen LogP contribution in [0.1, 0.15) is 44.2 Å². The fourth-order valence-electron chi connectivity index (χ4n) is 4.06. The van der Waals surface area contributed by atoms with E-state index in [1.807, 2.05) is 42.2 Å². The number of piperazine rings is 1. The summed E-state index contributed by atoms with van der Waals surface area (Å²) < 4.78 is 0. The van der Waals surface area contributed by atoms with Gasteiger partial charge in [0.15, 0.2) is 0 Å². The molecule has 1 aliphatic carbocycles. The molecule has 1 aromatic rings. The molecule has 1 saturated carbocycles. The van der Waals surface area contributed by atoms with Gasteiger partial charge in [0.05, 0.1) is 6.04 Å². The van der Waals surface area contributed by atoms with E-state index in [9.17, 15) is 14.4 Å². The molecule has 1 atom stereocenters. The minimum Gasteiger partial charge on any atom is -0.349 e. The lowest BCUT2D eigenvalue weighted by atomic mass is 9.80. The van der Waals surface area contributed by atoms with Crippen molar-refractivity contribution in [3.05, 3.63) is 35.9 Å². The van der Waals surface area contributed by atoms with E-state index in [0.717, 1.165) is 37.7 Å². The van der Waals surface area contributed by atoms with Crippen LogP contribution in [-0.2, 0) is 14.4 Å². The Hall–Kier alpha value is -2.37. The smallest absolute Gasteiger partial charge is 0.225 e. The number of carbonyl (C=O) groups is 3. The Morgan fingerprint density at radius 2 is 1.59 bits per heavy atom. The molecule has 1 unspecified atom stereocenters. The standard InChI is InChI=1S/C21H29N3O3/c1-16(17-5-3-2-4-6-17)22-20(26)18-7-9-19(10-8-18)21(27)24-13-11-23(15-25)12-14-24/h2-6,15-16,18-19H,7-14H2,1H3,(H,22,26). The largest absolute Gasteiger partial charge is 0.349 e. The maximum absolute atomic E-state index is 12.7. The minimum absolute atomic E-state index is 0.00725. The molecule has 6 nitrogen and oxygen atoms in total. The summed E-state index contributed by atoms with van der Waals surface area (Å²) >= 11 is 0. The third-order valence-corrected chi connectivity index (χ3v) is 5.88. The molecule has 1 N–H and O–H groups in total. The molecule has 0 spiro atoms. The second kappa shape index (κ2) is 9.02. The zero-order valence-corrected chi connectivity index (χ0v) is 16.0. The van der Waals surface area contributed by atoms with Crippen LogP contribution in [-0.4, -0.2) is 54.2 Å². The lowest BCUT2D eigenvalue weighted by Gasteiger charge is -2.36. The molecule has 2 fully saturated rings. The maximum atomic E-state index is 12.7. The first-order valence-electron chi connectivity index (χ1n) is 9.92. The quantitative estimate of drug-likeness (QED) is 0.805. The molecule has 0 bridgehead atoms. The van der Waals surface area contributed by atoms with E-state index in [2.05, 4.69) is 5.32 Å². The van der Waals surface area contributed by atoms with Crippen LogP contribution in [0.3, 0.4) is 0 Å². The zero-order valence-electron chi connectivity index (χ0n) is 16.0. The Balaban J connectivity index is 1.45. The average molecular weight is 371 g/mol. The van der Waals surface area contributed by atoms with Crippen LogP contribution in [0.2, 0.25) is 0 Å². The normalized spacial score (nSPS) is 24.2. The van der Waals surface area contributed by atoms with Gasteiger partial charge < -0.3 is 15.1 Å². The van der Waals surface area contributed by atoms with Crippen LogP contribution < -0.4 is 5.32 Å². The van der Waals surface area contributed by atoms with Crippen molar-refractivity contribution in [2.75, 3.05) is 26.2 Å². The van der Waals surface area contributed by atoms with Crippen molar-refractivity contribution in [2.24, 2.45) is 11.8 Å². The Bertz CT molecular complexity index is 648. The fourth-order valence-corrected chi connectivity index (χ4v) is 4.06. The molecule has 2 aliphatic rings. The van der Waals surface area contributed by atoms with Gasteiger partial charge in [-0.1, -0.05) is 30.3 Å². The first-order chi connectivity index (χ1) is 13.1. The third kappa shape index (κ3) is 4.87. The summed E-state index contributed by atoms with van der Waals surface area (Å²) in [6.07, 6.45) is 3.91. The van der Waals surface area contributed by atoms with Gasteiger partial charge in [0.1, 0.15) is 0 Å². The molecule has 0 aromatic heterocycles. The topological polar surface area (TPSA) is 69.7 Å². The number of hydrogen-bond donors (Lipinski definition) is 1. The predicted molar refractivity (Wildman–Crippen MR) is 103 cm³/mol. The molecular weight excluding hydrogens is 342 g/mol. The number of carbonyl (C=O) groups excluding carboxylic acids is 3. The molecular formula is C21H29N3O3. The van der Waals surface area contributed by atoms with Gasteiger partial charge in [-0.3, -0.25) is 14.4 Å². The van der Waals surface area contributed by atoms with Gasteiger partial charge in [-0.15, -0.1) is 0 Å². The summed E-state index contributed by atoms with van der Waals surface area (Å²) in [6, 6.07) is 9.95. The fraction of sp³-hybridized carbons (Fsp3) is 0.571. The SMILES string of the molecule is CC(NC(=O)C1CCC(C(=O)N2CCN(C=O)CC2)CC1)c1ccccc1. The number of benzene rings is 1. The average Bonchev–Trinajstić information content (AvgIpc) is 2.74. The Labute approximate surface area is 160 Å². The highest BCUT2D eigenvalue weighted by Crippen LogP contribution is 2.31. The number of nitrogens with zero attached hydrogens (tertiary/aromatic N) is 2. The molecule has 3 amide bonds. The highest BCUT2D eigenvalue weighted by Gasteiger charge is 2.33. The summed E-state index contributed by atoms with van der Waals surface area (Å²) in [5.41, 5.74) is 1.10. The summed E-state index contributed by atoms with van der Waals surface area (Å²) in [5.74, 6) is 0.296. The molecule has 1 heterocycles. The Kier molecular flexibility index (Phi) is 6.48. The van der Waals surface area contributed by atoms with Crippen LogP contribution in [0.4, 0.5) is 0 Å². The van der Waals surface area contributed by atoms with Gasteiger partial charge >= 0.3 is 0 Å². The highest BCUT2D eigenvalue weighted by molar-refractivity contribution is 5.81. The van der Waals surface area contributed by atoms with Crippen LogP contribution in [0.15, 0.2) is 30.3 Å². The van der Waals surface area contributed by atoms with Gasteiger partial charge in [-0.2, -0.15) is 0 Å². The van der Waals surface area contributed by atoms with E-state index in [1.165, 1.54) is 0 Å². The number of amides is 3. The van der Waals surface area contributed by atoms with Crippen molar-refractivity contribution in [1.82, 2.24) is 15.1 Å². The van der Waals surface area contributed by atoms with Crippen molar-refractivity contribution in [2.45, 2.75) is 38.6 Å². The van der Waals surface area contributed by atoms with E-state index < -0.39 is 0 Å². The lowest BCUT2D eigenvalue weighted by molar-refractivity contribution is -0.141. The Morgan fingerprint density at radius 1 is 1.00 bits per heavy atom. The lowest BCUT2D eigenvalue weighted by Crippen LogP contribution is -2.50. The van der Waals surface area contributed by atoms with Crippen LogP contribution >= 0.6 is 0 Å². The zero-order chi connectivity index (χ0) is 19.2. The van der Waals surface area contributed by atoms with E-state index >= 15 is 0 Å². The molecule has 6 heteroatoms. The first-order valence-corrected chi connectivity index (χ1v) is 9.92. The second-order valence-electron chi connectivity index (χ2n) is 7.66. The molecule has 27 heavy (non-hydrogen) atoms. The highest BCUT2D eigenvalue weighted by atomic mass is 16.2. The van der Waals surface area contributed by atoms with Crippen molar-refractivity contribution >= 4 is 18.2 Å². The van der Waals surface area contributed by atoms with E-state index in [0.29, 0.717) is 26.2 Å². The number of nitrogens with one attached hydrogen (secondary N) is 1. The van der Waals surface area contributed by atoms with Crippen LogP contribution in [0.5, 0.6) is 0 Å². The van der Waals surface area contributed by atoms with Crippen LogP contribution in [0.25, 0.3) is 0 Å². The van der Waals surface area contributed by atoms with E-state index in [-0.39, 0.29) is 29.7 Å². The molecule has 0 radical (unpaired) electrons. The summed E-state index contributed by atoms with van der Waals surface area (Å²) in [5, 5.41) is 3.11. The number of rotatable bonds is 5.